The number of nitrogens with two attached hydrogens (primary N) is 1. The number of nitrogens with one attached hydrogen (secondary N) is 1. The topological polar surface area (TPSA) is 111 Å². The van der Waals surface area contributed by atoms with Crippen molar-refractivity contribution >= 4 is 38.9 Å². The Balaban J connectivity index is 1.76. The van der Waals surface area contributed by atoms with Crippen LogP contribution in [0.15, 0.2) is 17.0 Å². The van der Waals surface area contributed by atoms with Gasteiger partial charge >= 0.3 is 6.18 Å². The number of alkyl halides is 3. The maximum atomic E-state index is 13.9. The first-order chi connectivity index (χ1) is 16.9. The number of carbonyl (C=O) groups excluding carboxylic acids is 1. The van der Waals surface area contributed by atoms with Gasteiger partial charge in [-0.1, -0.05) is 43.7 Å². The molecule has 2 aliphatic rings. The molecule has 2 fully saturated rings. The van der Waals surface area contributed by atoms with Gasteiger partial charge < -0.3 is 10.1 Å². The molecule has 3 N–H and O–H groups in total. The summed E-state index contributed by atoms with van der Waals surface area (Å²) in [6.07, 6.45) is 2.03. The van der Waals surface area contributed by atoms with Gasteiger partial charge in [-0.15, -0.1) is 11.3 Å². The van der Waals surface area contributed by atoms with Crippen molar-refractivity contribution in [2.45, 2.75) is 68.5 Å². The minimum absolute atomic E-state index is 0.0492. The molecule has 1 aromatic heterocycles. The van der Waals surface area contributed by atoms with Crippen LogP contribution in [0, 0.1) is 5.92 Å². The van der Waals surface area contributed by atoms with Crippen LogP contribution in [-0.4, -0.2) is 38.6 Å². The van der Waals surface area contributed by atoms with Crippen molar-refractivity contribution in [3.05, 3.63) is 33.4 Å². The number of rotatable bonds is 6. The summed E-state index contributed by atoms with van der Waals surface area (Å²) in [7, 11) is -4.74. The van der Waals surface area contributed by atoms with Gasteiger partial charge in [-0.05, 0) is 42.9 Å². The molecule has 0 atom stereocenters. The molecular weight excluding hydrogens is 539 g/mol. The van der Waals surface area contributed by atoms with E-state index in [1.54, 1.807) is 0 Å². The molecule has 36 heavy (non-hydrogen) atoms. The number of primary sulfonamides is 1. The number of ether oxygens (including phenoxy) is 1. The summed E-state index contributed by atoms with van der Waals surface area (Å²) in [5.41, 5.74) is -0.887. The summed E-state index contributed by atoms with van der Waals surface area (Å²) in [6.45, 7) is 1.08. The van der Waals surface area contributed by atoms with Crippen molar-refractivity contribution in [2.75, 3.05) is 13.2 Å². The fourth-order valence-corrected chi connectivity index (χ4v) is 7.13. The van der Waals surface area contributed by atoms with Crippen LogP contribution in [0.3, 0.4) is 0 Å². The van der Waals surface area contributed by atoms with Gasteiger partial charge in [0.1, 0.15) is 4.90 Å². The molecule has 198 valence electrons. The molecule has 2 heterocycles. The van der Waals surface area contributed by atoms with Gasteiger partial charge in [0.25, 0.3) is 5.91 Å². The lowest BCUT2D eigenvalue weighted by atomic mass is 9.85. The molecule has 2 aromatic rings. The molecule has 1 saturated heterocycles. The third-order valence-corrected chi connectivity index (χ3v) is 9.12. The van der Waals surface area contributed by atoms with Crippen LogP contribution in [0.5, 0.6) is 0 Å². The normalized spacial score (nSPS) is 18.4. The quantitative estimate of drug-likeness (QED) is 0.502. The van der Waals surface area contributed by atoms with Crippen LogP contribution in [0.1, 0.15) is 66.0 Å². The molecular formula is C23H27ClF3N3O4S2. The lowest BCUT2D eigenvalue weighted by Crippen LogP contribution is -2.38. The number of hydrogen-bond acceptors (Lipinski definition) is 6. The molecule has 1 aliphatic heterocycles. The number of halogens is 4. The standard InChI is InChI=1S/C23H27ClF3N3O4S2/c24-17-12-14(11-16(23(25,26)27)20(17)36(28,32)33)19-18(10-13-4-2-1-3-5-13)30-22(35-19)21(31)29-15-6-8-34-9-7-15/h11-13,15H,1-10H2,(H,29,31)(H2,28,32,33). The number of aromatic nitrogens is 1. The molecule has 4 rings (SSSR count). The first-order valence-corrected chi connectivity index (χ1v) is 14.5. The number of sulfonamides is 1. The smallest absolute Gasteiger partial charge is 0.381 e. The van der Waals surface area contributed by atoms with Gasteiger partial charge in [0.05, 0.1) is 21.2 Å². The summed E-state index contributed by atoms with van der Waals surface area (Å²) < 4.78 is 70.7. The summed E-state index contributed by atoms with van der Waals surface area (Å²) in [6, 6.07) is 1.80. The molecule has 1 aromatic carbocycles. The van der Waals surface area contributed by atoms with E-state index in [9.17, 15) is 26.4 Å². The Morgan fingerprint density at radius 1 is 1.17 bits per heavy atom. The van der Waals surface area contributed by atoms with Gasteiger partial charge in [0.15, 0.2) is 5.01 Å². The Morgan fingerprint density at radius 3 is 2.44 bits per heavy atom. The second-order valence-corrected chi connectivity index (χ2v) is 12.1. The highest BCUT2D eigenvalue weighted by molar-refractivity contribution is 7.89. The van der Waals surface area contributed by atoms with Crippen molar-refractivity contribution in [1.29, 1.82) is 0 Å². The third kappa shape index (κ3) is 6.39. The zero-order valence-corrected chi connectivity index (χ0v) is 21.8. The van der Waals surface area contributed by atoms with Crippen molar-refractivity contribution < 1.29 is 31.1 Å². The fraction of sp³-hybridized carbons (Fsp3) is 0.565. The number of benzene rings is 1. The number of thiazole rings is 1. The highest BCUT2D eigenvalue weighted by Crippen LogP contribution is 2.43. The SMILES string of the molecule is NS(=O)(=O)c1c(Cl)cc(-c2sc(C(=O)NC3CCOCC3)nc2CC2CCCCC2)cc1C(F)(F)F. The lowest BCUT2D eigenvalue weighted by Gasteiger charge is -2.22. The minimum Gasteiger partial charge on any atom is -0.381 e. The Kier molecular flexibility index (Phi) is 8.30. The number of amides is 1. The Bertz CT molecular complexity index is 1220. The maximum Gasteiger partial charge on any atom is 0.417 e. The van der Waals surface area contributed by atoms with Crippen molar-refractivity contribution in [3.63, 3.8) is 0 Å². The Hall–Kier alpha value is -1.73. The molecule has 1 saturated carbocycles. The number of carbonyl (C=O) groups is 1. The minimum atomic E-state index is -5.01. The molecule has 0 bridgehead atoms. The van der Waals surface area contributed by atoms with Crippen LogP contribution in [0.4, 0.5) is 13.2 Å². The number of nitrogens with zero attached hydrogens (tertiary/aromatic N) is 1. The van der Waals surface area contributed by atoms with E-state index in [-0.39, 0.29) is 16.6 Å². The molecule has 13 heteroatoms. The second-order valence-electron chi connectivity index (χ2n) is 9.24. The number of hydrogen-bond donors (Lipinski definition) is 2. The summed E-state index contributed by atoms with van der Waals surface area (Å²) in [4.78, 5) is 16.7. The van der Waals surface area contributed by atoms with Gasteiger partial charge in [-0.2, -0.15) is 13.2 Å². The van der Waals surface area contributed by atoms with Crippen molar-refractivity contribution in [3.8, 4) is 10.4 Å². The second kappa shape index (κ2) is 10.9. The van der Waals surface area contributed by atoms with E-state index in [1.807, 2.05) is 0 Å². The summed E-state index contributed by atoms with van der Waals surface area (Å²) >= 11 is 7.03. The van der Waals surface area contributed by atoms with E-state index < -0.39 is 37.6 Å². The van der Waals surface area contributed by atoms with E-state index in [1.165, 1.54) is 0 Å². The molecule has 1 aliphatic carbocycles. The molecule has 0 spiro atoms. The lowest BCUT2D eigenvalue weighted by molar-refractivity contribution is -0.139. The largest absolute Gasteiger partial charge is 0.417 e. The van der Waals surface area contributed by atoms with Gasteiger partial charge in [0.2, 0.25) is 10.0 Å². The van der Waals surface area contributed by atoms with E-state index in [4.69, 9.17) is 21.5 Å². The van der Waals surface area contributed by atoms with Gasteiger partial charge in [-0.25, -0.2) is 18.5 Å². The van der Waals surface area contributed by atoms with E-state index in [0.29, 0.717) is 49.0 Å². The first-order valence-electron chi connectivity index (χ1n) is 11.8. The van der Waals surface area contributed by atoms with Gasteiger partial charge in [0, 0.05) is 19.3 Å². The first kappa shape index (κ1) is 27.3. The molecule has 0 unspecified atom stereocenters. The van der Waals surface area contributed by atoms with Crippen molar-refractivity contribution in [1.82, 2.24) is 10.3 Å². The van der Waals surface area contributed by atoms with Crippen LogP contribution in [0.25, 0.3) is 10.4 Å². The average Bonchev–Trinajstić information content (AvgIpc) is 3.22. The van der Waals surface area contributed by atoms with E-state index >= 15 is 0 Å². The van der Waals surface area contributed by atoms with E-state index in [0.717, 1.165) is 55.6 Å². The van der Waals surface area contributed by atoms with Gasteiger partial charge in [-0.3, -0.25) is 4.79 Å². The van der Waals surface area contributed by atoms with Crippen molar-refractivity contribution in [2.24, 2.45) is 11.1 Å². The highest BCUT2D eigenvalue weighted by Gasteiger charge is 2.39. The Morgan fingerprint density at radius 2 is 1.83 bits per heavy atom. The van der Waals surface area contributed by atoms with Crippen LogP contribution >= 0.6 is 22.9 Å². The Labute approximate surface area is 216 Å². The predicted octanol–water partition coefficient (Wildman–Crippen LogP) is 5.16. The van der Waals surface area contributed by atoms with Crippen LogP contribution in [-0.2, 0) is 27.4 Å². The highest BCUT2D eigenvalue weighted by atomic mass is 35.5. The van der Waals surface area contributed by atoms with E-state index in [2.05, 4.69) is 10.3 Å². The fourth-order valence-electron chi connectivity index (χ4n) is 4.79. The molecule has 0 radical (unpaired) electrons. The summed E-state index contributed by atoms with van der Waals surface area (Å²) in [5, 5.41) is 7.49. The average molecular weight is 566 g/mol. The molecule has 1 amide bonds. The van der Waals surface area contributed by atoms with Crippen LogP contribution in [0.2, 0.25) is 5.02 Å². The van der Waals surface area contributed by atoms with Crippen LogP contribution < -0.4 is 10.5 Å². The zero-order chi connectivity index (χ0) is 26.1. The monoisotopic (exact) mass is 565 g/mol. The predicted molar refractivity (Wildman–Crippen MR) is 131 cm³/mol. The summed E-state index contributed by atoms with van der Waals surface area (Å²) in [5.74, 6) is -0.0985. The third-order valence-electron chi connectivity index (χ3n) is 6.55. The zero-order valence-electron chi connectivity index (χ0n) is 19.4. The molecule has 7 nitrogen and oxygen atoms in total. The maximum absolute atomic E-state index is 13.9.